The molecule has 0 aliphatic carbocycles. The molecule has 1 rings (SSSR count). The van der Waals surface area contributed by atoms with Gasteiger partial charge < -0.3 is 10.2 Å². The van der Waals surface area contributed by atoms with Crippen LogP contribution in [0.4, 0.5) is 0 Å². The maximum atomic E-state index is 11.5. The highest BCUT2D eigenvalue weighted by Crippen LogP contribution is 1.97. The lowest BCUT2D eigenvalue weighted by molar-refractivity contribution is -0.146. The first-order chi connectivity index (χ1) is 8.41. The molecule has 1 atom stereocenters. The van der Waals surface area contributed by atoms with E-state index >= 15 is 0 Å². The molecule has 3 N–H and O–H groups in total. The van der Waals surface area contributed by atoms with Crippen LogP contribution in [-0.4, -0.2) is 48.0 Å². The molecule has 0 radical (unpaired) electrons. The molecule has 0 aliphatic rings. The third-order valence-corrected chi connectivity index (χ3v) is 3.48. The van der Waals surface area contributed by atoms with Crippen molar-refractivity contribution in [1.29, 1.82) is 0 Å². The Kier molecular flexibility index (Phi) is 5.20. The second kappa shape index (κ2) is 6.43. The number of rotatable bonds is 7. The van der Waals surface area contributed by atoms with E-state index in [-0.39, 0.29) is 12.2 Å². The number of nitrogens with zero attached hydrogens (tertiary/aromatic N) is 1. The van der Waals surface area contributed by atoms with Gasteiger partial charge in [-0.25, -0.2) is 17.9 Å². The third-order valence-electron chi connectivity index (χ3n) is 2.13. The van der Waals surface area contributed by atoms with E-state index in [0.717, 1.165) is 0 Å². The van der Waals surface area contributed by atoms with E-state index in [1.165, 1.54) is 0 Å². The Morgan fingerprint density at radius 3 is 2.72 bits per heavy atom. The lowest BCUT2D eigenvalue weighted by Gasteiger charge is -2.08. The Hall–Kier alpha value is -1.51. The summed E-state index contributed by atoms with van der Waals surface area (Å²) in [5, 5.41) is 17.3. The molecule has 7 nitrogen and oxygen atoms in total. The van der Waals surface area contributed by atoms with E-state index in [1.807, 2.05) is 4.72 Å². The first kappa shape index (κ1) is 14.6. The SMILES string of the molecule is O=C(O)C(O)CNS(=O)(=O)CCc1ccccn1. The fraction of sp³-hybridized carbons (Fsp3) is 0.400. The number of carboxylic acid groups (broad SMARTS) is 1. The summed E-state index contributed by atoms with van der Waals surface area (Å²) >= 11 is 0. The lowest BCUT2D eigenvalue weighted by atomic mass is 10.3. The van der Waals surface area contributed by atoms with E-state index in [2.05, 4.69) is 4.98 Å². The second-order valence-electron chi connectivity index (χ2n) is 3.59. The number of aliphatic carboxylic acids is 1. The molecule has 0 aliphatic heterocycles. The molecule has 18 heavy (non-hydrogen) atoms. The summed E-state index contributed by atoms with van der Waals surface area (Å²) < 4.78 is 25.0. The van der Waals surface area contributed by atoms with Crippen LogP contribution >= 0.6 is 0 Å². The van der Waals surface area contributed by atoms with Crippen LogP contribution in [-0.2, 0) is 21.2 Å². The van der Waals surface area contributed by atoms with Gasteiger partial charge in [-0.3, -0.25) is 4.98 Å². The molecule has 8 heteroatoms. The van der Waals surface area contributed by atoms with Crippen LogP contribution < -0.4 is 4.72 Å². The van der Waals surface area contributed by atoms with E-state index in [9.17, 15) is 13.2 Å². The minimum absolute atomic E-state index is 0.212. The molecule has 0 saturated heterocycles. The van der Waals surface area contributed by atoms with Crippen molar-refractivity contribution >= 4 is 16.0 Å². The van der Waals surface area contributed by atoms with Crippen LogP contribution in [0.15, 0.2) is 24.4 Å². The molecular formula is C10H14N2O5S. The van der Waals surface area contributed by atoms with Crippen LogP contribution in [0.2, 0.25) is 0 Å². The van der Waals surface area contributed by atoms with E-state index in [4.69, 9.17) is 10.2 Å². The second-order valence-corrected chi connectivity index (χ2v) is 5.52. The Bertz CT molecular complexity index is 488. The Labute approximate surface area is 105 Å². The molecule has 1 aromatic heterocycles. The number of hydrogen-bond donors (Lipinski definition) is 3. The number of carboxylic acids is 1. The highest BCUT2D eigenvalue weighted by atomic mass is 32.2. The molecule has 1 heterocycles. The van der Waals surface area contributed by atoms with Crippen LogP contribution in [0.1, 0.15) is 5.69 Å². The zero-order valence-corrected chi connectivity index (χ0v) is 10.3. The highest BCUT2D eigenvalue weighted by molar-refractivity contribution is 7.89. The summed E-state index contributed by atoms with van der Waals surface area (Å²) in [5.41, 5.74) is 0.627. The largest absolute Gasteiger partial charge is 0.479 e. The quantitative estimate of drug-likeness (QED) is 0.586. The van der Waals surface area contributed by atoms with Crippen LogP contribution in [0.25, 0.3) is 0 Å². The fourth-order valence-electron chi connectivity index (χ4n) is 1.15. The third kappa shape index (κ3) is 5.21. The first-order valence-corrected chi connectivity index (χ1v) is 6.84. The Morgan fingerprint density at radius 1 is 1.44 bits per heavy atom. The Balaban J connectivity index is 2.43. The minimum Gasteiger partial charge on any atom is -0.479 e. The minimum atomic E-state index is -3.62. The van der Waals surface area contributed by atoms with Gasteiger partial charge >= 0.3 is 5.97 Å². The van der Waals surface area contributed by atoms with Gasteiger partial charge in [-0.2, -0.15) is 0 Å². The summed E-state index contributed by atoms with van der Waals surface area (Å²) in [6.45, 7) is -0.542. The number of sulfonamides is 1. The molecule has 0 aromatic carbocycles. The predicted octanol–water partition coefficient (Wildman–Crippen LogP) is -1.01. The summed E-state index contributed by atoms with van der Waals surface area (Å²) in [7, 11) is -3.62. The first-order valence-electron chi connectivity index (χ1n) is 5.19. The molecule has 0 saturated carbocycles. The zero-order valence-electron chi connectivity index (χ0n) is 9.48. The van der Waals surface area contributed by atoms with Gasteiger partial charge in [0.25, 0.3) is 0 Å². The number of pyridine rings is 1. The van der Waals surface area contributed by atoms with Crippen molar-refractivity contribution in [2.75, 3.05) is 12.3 Å². The Morgan fingerprint density at radius 2 is 2.17 bits per heavy atom. The molecule has 0 bridgehead atoms. The summed E-state index contributed by atoms with van der Waals surface area (Å²) in [6, 6.07) is 5.16. The van der Waals surface area contributed by atoms with Gasteiger partial charge in [-0.1, -0.05) is 6.07 Å². The number of aromatic nitrogens is 1. The van der Waals surface area contributed by atoms with E-state index in [1.54, 1.807) is 24.4 Å². The average molecular weight is 274 g/mol. The van der Waals surface area contributed by atoms with Crippen LogP contribution in [0.3, 0.4) is 0 Å². The number of hydrogen-bond acceptors (Lipinski definition) is 5. The molecule has 100 valence electrons. The van der Waals surface area contributed by atoms with Crippen molar-refractivity contribution in [1.82, 2.24) is 9.71 Å². The van der Waals surface area contributed by atoms with Gasteiger partial charge in [0.1, 0.15) is 0 Å². The van der Waals surface area contributed by atoms with Crippen molar-refractivity contribution in [2.45, 2.75) is 12.5 Å². The number of nitrogens with one attached hydrogen (secondary N) is 1. The van der Waals surface area contributed by atoms with Crippen molar-refractivity contribution in [3.05, 3.63) is 30.1 Å². The topological polar surface area (TPSA) is 117 Å². The maximum absolute atomic E-state index is 11.5. The molecular weight excluding hydrogens is 260 g/mol. The number of aryl methyl sites for hydroxylation is 1. The maximum Gasteiger partial charge on any atom is 0.333 e. The van der Waals surface area contributed by atoms with Crippen LogP contribution in [0, 0.1) is 0 Å². The van der Waals surface area contributed by atoms with Crippen LogP contribution in [0.5, 0.6) is 0 Å². The van der Waals surface area contributed by atoms with Crippen molar-refractivity contribution in [3.63, 3.8) is 0 Å². The molecule has 0 spiro atoms. The summed E-state index contributed by atoms with van der Waals surface area (Å²) in [4.78, 5) is 14.3. The molecule has 1 unspecified atom stereocenters. The average Bonchev–Trinajstić information content (AvgIpc) is 2.35. The fourth-order valence-corrected chi connectivity index (χ4v) is 2.18. The van der Waals surface area contributed by atoms with Gasteiger partial charge in [-0.05, 0) is 12.1 Å². The van der Waals surface area contributed by atoms with Crippen molar-refractivity contribution in [2.24, 2.45) is 0 Å². The molecule has 0 fully saturated rings. The van der Waals surface area contributed by atoms with Crippen molar-refractivity contribution < 1.29 is 23.4 Å². The standard InChI is InChI=1S/C10H14N2O5S/c13-9(10(14)15)7-12-18(16,17)6-4-8-3-1-2-5-11-8/h1-3,5,9,12-13H,4,6-7H2,(H,14,15). The smallest absolute Gasteiger partial charge is 0.333 e. The van der Waals surface area contributed by atoms with Gasteiger partial charge in [0.05, 0.1) is 5.75 Å². The van der Waals surface area contributed by atoms with Crippen molar-refractivity contribution in [3.8, 4) is 0 Å². The summed E-state index contributed by atoms with van der Waals surface area (Å²) in [6.07, 6.45) is 0.0396. The van der Waals surface area contributed by atoms with Gasteiger partial charge in [0.15, 0.2) is 6.10 Å². The molecule has 0 amide bonds. The zero-order chi connectivity index (χ0) is 13.6. The number of aliphatic hydroxyl groups is 1. The van der Waals surface area contributed by atoms with Gasteiger partial charge in [-0.15, -0.1) is 0 Å². The predicted molar refractivity (Wildman–Crippen MR) is 63.4 cm³/mol. The monoisotopic (exact) mass is 274 g/mol. The lowest BCUT2D eigenvalue weighted by Crippen LogP contribution is -2.37. The normalized spacial score (nSPS) is 13.2. The van der Waals surface area contributed by atoms with E-state index in [0.29, 0.717) is 5.69 Å². The number of carbonyl (C=O) groups is 1. The highest BCUT2D eigenvalue weighted by Gasteiger charge is 2.17. The van der Waals surface area contributed by atoms with Gasteiger partial charge in [0, 0.05) is 24.9 Å². The van der Waals surface area contributed by atoms with E-state index < -0.39 is 28.6 Å². The van der Waals surface area contributed by atoms with Gasteiger partial charge in [0.2, 0.25) is 10.0 Å². The summed E-state index contributed by atoms with van der Waals surface area (Å²) in [5.74, 6) is -1.68. The number of aliphatic hydroxyl groups excluding tert-OH is 1. The molecule has 1 aromatic rings.